The normalized spacial score (nSPS) is 11.1. The van der Waals surface area contributed by atoms with Crippen molar-refractivity contribution in [3.63, 3.8) is 0 Å². The van der Waals surface area contributed by atoms with E-state index in [-0.39, 0.29) is 5.56 Å². The minimum Gasteiger partial charge on any atom is -0.494 e. The molecule has 0 aliphatic heterocycles. The Labute approximate surface area is 128 Å². The summed E-state index contributed by atoms with van der Waals surface area (Å²) in [5.74, 6) is -0.132. The van der Waals surface area contributed by atoms with Crippen LogP contribution in [-0.4, -0.2) is 18.2 Å². The topological polar surface area (TPSA) is 50.7 Å². The number of carbonyl (C=O) groups excluding carboxylic acids is 1. The van der Waals surface area contributed by atoms with Crippen LogP contribution in [-0.2, 0) is 0 Å². The van der Waals surface area contributed by atoms with Crippen LogP contribution in [0.3, 0.4) is 0 Å². The summed E-state index contributed by atoms with van der Waals surface area (Å²) in [6.45, 7) is 4.31. The standard InChI is InChI=1S/C17H17FN2O2/c1-3-22-16-9-7-13(8-10-16)12(2)19-20-17(21)14-5-4-6-15(18)11-14/h4-11H,3H2,1-2H3,(H,20,21). The average molecular weight is 300 g/mol. The second-order valence-corrected chi connectivity index (χ2v) is 4.61. The Bertz CT molecular complexity index is 681. The molecule has 2 rings (SSSR count). The lowest BCUT2D eigenvalue weighted by molar-refractivity contribution is 0.0954. The number of rotatable bonds is 5. The zero-order chi connectivity index (χ0) is 15.9. The molecule has 0 spiro atoms. The number of hydrogen-bond donors (Lipinski definition) is 1. The molecule has 0 heterocycles. The summed E-state index contributed by atoms with van der Waals surface area (Å²) in [6.07, 6.45) is 0. The quantitative estimate of drug-likeness (QED) is 0.680. The minimum atomic E-state index is -0.458. The highest BCUT2D eigenvalue weighted by Gasteiger charge is 2.06. The number of hydrogen-bond acceptors (Lipinski definition) is 3. The lowest BCUT2D eigenvalue weighted by Crippen LogP contribution is -2.19. The maximum atomic E-state index is 13.1. The van der Waals surface area contributed by atoms with Gasteiger partial charge in [0.15, 0.2) is 0 Å². The van der Waals surface area contributed by atoms with Gasteiger partial charge in [0, 0.05) is 5.56 Å². The van der Waals surface area contributed by atoms with Gasteiger partial charge >= 0.3 is 0 Å². The van der Waals surface area contributed by atoms with E-state index in [2.05, 4.69) is 10.5 Å². The highest BCUT2D eigenvalue weighted by atomic mass is 19.1. The molecule has 2 aromatic rings. The van der Waals surface area contributed by atoms with Crippen LogP contribution in [0.2, 0.25) is 0 Å². The van der Waals surface area contributed by atoms with Gasteiger partial charge < -0.3 is 4.74 Å². The van der Waals surface area contributed by atoms with E-state index < -0.39 is 11.7 Å². The van der Waals surface area contributed by atoms with Crippen LogP contribution >= 0.6 is 0 Å². The number of benzene rings is 2. The monoisotopic (exact) mass is 300 g/mol. The highest BCUT2D eigenvalue weighted by molar-refractivity contribution is 6.00. The molecule has 2 aromatic carbocycles. The highest BCUT2D eigenvalue weighted by Crippen LogP contribution is 2.12. The van der Waals surface area contributed by atoms with Gasteiger partial charge in [-0.3, -0.25) is 4.79 Å². The van der Waals surface area contributed by atoms with Crippen molar-refractivity contribution in [2.45, 2.75) is 13.8 Å². The SMILES string of the molecule is CCOc1ccc(C(C)=NNC(=O)c2cccc(F)c2)cc1. The zero-order valence-corrected chi connectivity index (χ0v) is 12.5. The van der Waals surface area contributed by atoms with Crippen molar-refractivity contribution in [3.05, 3.63) is 65.5 Å². The van der Waals surface area contributed by atoms with Gasteiger partial charge in [-0.2, -0.15) is 5.10 Å². The van der Waals surface area contributed by atoms with E-state index in [0.29, 0.717) is 12.3 Å². The van der Waals surface area contributed by atoms with Crippen LogP contribution in [0.5, 0.6) is 5.75 Å². The minimum absolute atomic E-state index is 0.225. The summed E-state index contributed by atoms with van der Waals surface area (Å²) in [4.78, 5) is 11.9. The Morgan fingerprint density at radius 2 is 1.91 bits per heavy atom. The van der Waals surface area contributed by atoms with Crippen LogP contribution in [0.25, 0.3) is 0 Å². The molecule has 0 aliphatic carbocycles. The second-order valence-electron chi connectivity index (χ2n) is 4.61. The van der Waals surface area contributed by atoms with Crippen molar-refractivity contribution in [1.82, 2.24) is 5.43 Å². The Morgan fingerprint density at radius 1 is 1.18 bits per heavy atom. The molecule has 0 bridgehead atoms. The van der Waals surface area contributed by atoms with E-state index in [1.807, 2.05) is 31.2 Å². The summed E-state index contributed by atoms with van der Waals surface area (Å²) in [6, 6.07) is 12.9. The third kappa shape index (κ3) is 4.15. The zero-order valence-electron chi connectivity index (χ0n) is 12.5. The molecule has 0 unspecified atom stereocenters. The van der Waals surface area contributed by atoms with Crippen LogP contribution in [0.4, 0.5) is 4.39 Å². The molecule has 1 amide bonds. The molecule has 0 saturated heterocycles. The number of carbonyl (C=O) groups is 1. The molecule has 5 heteroatoms. The molecule has 114 valence electrons. The number of nitrogens with one attached hydrogen (secondary N) is 1. The van der Waals surface area contributed by atoms with Crippen molar-refractivity contribution in [2.24, 2.45) is 5.10 Å². The maximum absolute atomic E-state index is 13.1. The predicted octanol–water partition coefficient (Wildman–Crippen LogP) is 3.38. The molecule has 0 saturated carbocycles. The van der Waals surface area contributed by atoms with Crippen LogP contribution < -0.4 is 10.2 Å². The summed E-state index contributed by atoms with van der Waals surface area (Å²) >= 11 is 0. The van der Waals surface area contributed by atoms with Gasteiger partial charge in [0.05, 0.1) is 12.3 Å². The number of nitrogens with zero attached hydrogens (tertiary/aromatic N) is 1. The average Bonchev–Trinajstić information content (AvgIpc) is 2.53. The number of amides is 1. The van der Waals surface area contributed by atoms with Gasteiger partial charge in [-0.25, -0.2) is 9.82 Å². The number of halogens is 1. The molecule has 0 radical (unpaired) electrons. The Morgan fingerprint density at radius 3 is 2.55 bits per heavy atom. The van der Waals surface area contributed by atoms with E-state index in [0.717, 1.165) is 17.4 Å². The Kier molecular flexibility index (Phi) is 5.25. The van der Waals surface area contributed by atoms with Crippen molar-refractivity contribution in [2.75, 3.05) is 6.61 Å². The fourth-order valence-electron chi connectivity index (χ4n) is 1.85. The summed E-state index contributed by atoms with van der Waals surface area (Å²) in [7, 11) is 0. The van der Waals surface area contributed by atoms with Gasteiger partial charge in [-0.05, 0) is 61.9 Å². The molecular weight excluding hydrogens is 283 g/mol. The van der Waals surface area contributed by atoms with Crippen molar-refractivity contribution in [1.29, 1.82) is 0 Å². The number of hydrazone groups is 1. The van der Waals surface area contributed by atoms with E-state index in [1.165, 1.54) is 18.2 Å². The Balaban J connectivity index is 2.04. The summed E-state index contributed by atoms with van der Waals surface area (Å²) < 4.78 is 18.4. The third-order valence-corrected chi connectivity index (χ3v) is 3.00. The summed E-state index contributed by atoms with van der Waals surface area (Å²) in [5, 5.41) is 4.03. The second kappa shape index (κ2) is 7.36. The fraction of sp³-hybridized carbons (Fsp3) is 0.176. The third-order valence-electron chi connectivity index (χ3n) is 3.00. The molecule has 0 fully saturated rings. The van der Waals surface area contributed by atoms with Gasteiger partial charge in [0.1, 0.15) is 11.6 Å². The molecule has 22 heavy (non-hydrogen) atoms. The Hall–Kier alpha value is -2.69. The number of ether oxygens (including phenoxy) is 1. The molecule has 0 atom stereocenters. The summed E-state index contributed by atoms with van der Waals surface area (Å²) in [5.41, 5.74) is 4.15. The lowest BCUT2D eigenvalue weighted by Gasteiger charge is -2.05. The molecule has 0 aliphatic rings. The largest absolute Gasteiger partial charge is 0.494 e. The van der Waals surface area contributed by atoms with Crippen LogP contribution in [0.1, 0.15) is 29.8 Å². The smallest absolute Gasteiger partial charge is 0.271 e. The van der Waals surface area contributed by atoms with Gasteiger partial charge in [0.25, 0.3) is 5.91 Å². The van der Waals surface area contributed by atoms with Crippen molar-refractivity contribution < 1.29 is 13.9 Å². The first kappa shape index (κ1) is 15.7. The fourth-order valence-corrected chi connectivity index (χ4v) is 1.85. The van der Waals surface area contributed by atoms with Gasteiger partial charge in [-0.1, -0.05) is 6.07 Å². The lowest BCUT2D eigenvalue weighted by atomic mass is 10.1. The van der Waals surface area contributed by atoms with Crippen molar-refractivity contribution >= 4 is 11.6 Å². The van der Waals surface area contributed by atoms with Gasteiger partial charge in [-0.15, -0.1) is 0 Å². The van der Waals surface area contributed by atoms with Gasteiger partial charge in [0.2, 0.25) is 0 Å². The predicted molar refractivity (Wildman–Crippen MR) is 83.7 cm³/mol. The first-order valence-corrected chi connectivity index (χ1v) is 6.93. The van der Waals surface area contributed by atoms with Crippen LogP contribution in [0.15, 0.2) is 53.6 Å². The molecule has 0 aromatic heterocycles. The van der Waals surface area contributed by atoms with Crippen molar-refractivity contribution in [3.8, 4) is 5.75 Å². The van der Waals surface area contributed by atoms with E-state index in [9.17, 15) is 9.18 Å². The van der Waals surface area contributed by atoms with E-state index in [4.69, 9.17) is 4.74 Å². The maximum Gasteiger partial charge on any atom is 0.271 e. The van der Waals surface area contributed by atoms with E-state index in [1.54, 1.807) is 6.92 Å². The van der Waals surface area contributed by atoms with E-state index >= 15 is 0 Å². The molecular formula is C17H17FN2O2. The van der Waals surface area contributed by atoms with Crippen LogP contribution in [0, 0.1) is 5.82 Å². The first-order valence-electron chi connectivity index (χ1n) is 6.93. The molecule has 4 nitrogen and oxygen atoms in total. The molecule has 1 N–H and O–H groups in total. The first-order chi connectivity index (χ1) is 10.6.